The number of nitrogens with zero attached hydrogens (tertiary/aromatic N) is 2. The number of hydrogen-bond donors (Lipinski definition) is 2. The van der Waals surface area contributed by atoms with Crippen LogP contribution in [0.2, 0.25) is 0 Å². The van der Waals surface area contributed by atoms with Gasteiger partial charge in [-0.05, 0) is 31.7 Å². The Balaban J connectivity index is 1.98. The van der Waals surface area contributed by atoms with Crippen molar-refractivity contribution in [2.45, 2.75) is 31.8 Å². The molecule has 0 spiro atoms. The molecule has 0 aliphatic carbocycles. The van der Waals surface area contributed by atoms with E-state index in [2.05, 4.69) is 15.6 Å². The first kappa shape index (κ1) is 19.2. The monoisotopic (exact) mass is 364 g/mol. The van der Waals surface area contributed by atoms with E-state index in [1.807, 2.05) is 19.2 Å². The first-order chi connectivity index (χ1) is 12.0. The molecular formula is C17H24N4O3S. The van der Waals surface area contributed by atoms with Crippen LogP contribution in [0.5, 0.6) is 0 Å². The predicted molar refractivity (Wildman–Crippen MR) is 97.1 cm³/mol. The number of amides is 3. The molecule has 7 nitrogen and oxygen atoms in total. The fourth-order valence-corrected chi connectivity index (χ4v) is 3.32. The van der Waals surface area contributed by atoms with Gasteiger partial charge in [0.25, 0.3) is 0 Å². The number of likely N-dealkylation sites (tertiary alicyclic amines) is 1. The minimum Gasteiger partial charge on any atom is -0.355 e. The van der Waals surface area contributed by atoms with Crippen LogP contribution in [0.4, 0.5) is 0 Å². The Kier molecular flexibility index (Phi) is 7.24. The molecule has 1 saturated heterocycles. The third-order valence-corrected chi connectivity index (χ3v) is 4.51. The zero-order valence-electron chi connectivity index (χ0n) is 14.5. The van der Waals surface area contributed by atoms with Gasteiger partial charge in [0.1, 0.15) is 6.04 Å². The Labute approximate surface area is 151 Å². The van der Waals surface area contributed by atoms with E-state index in [1.165, 1.54) is 11.8 Å². The number of nitrogens with one attached hydrogen (secondary N) is 2. The number of likely N-dealkylation sites (N-methyl/N-ethyl adjacent to an activating group) is 1. The van der Waals surface area contributed by atoms with Crippen molar-refractivity contribution in [2.75, 3.05) is 25.1 Å². The van der Waals surface area contributed by atoms with Gasteiger partial charge in [-0.15, -0.1) is 0 Å². The second-order valence-corrected chi connectivity index (χ2v) is 6.75. The van der Waals surface area contributed by atoms with Gasteiger partial charge in [-0.1, -0.05) is 6.07 Å². The highest BCUT2D eigenvalue weighted by Crippen LogP contribution is 2.19. The molecule has 3 amide bonds. The summed E-state index contributed by atoms with van der Waals surface area (Å²) in [6.45, 7) is 2.71. The average Bonchev–Trinajstić information content (AvgIpc) is 3.00. The molecule has 2 N–H and O–H groups in total. The normalized spacial score (nSPS) is 19.5. The molecule has 1 fully saturated rings. The van der Waals surface area contributed by atoms with Gasteiger partial charge in [0.15, 0.2) is 0 Å². The second-order valence-electron chi connectivity index (χ2n) is 5.89. The van der Waals surface area contributed by atoms with Gasteiger partial charge in [-0.2, -0.15) is 11.8 Å². The lowest BCUT2D eigenvalue weighted by atomic mass is 10.1. The summed E-state index contributed by atoms with van der Waals surface area (Å²) in [5.41, 5.74) is 0.689. The summed E-state index contributed by atoms with van der Waals surface area (Å²) in [6.07, 6.45) is 4.11. The third kappa shape index (κ3) is 5.45. The fourth-order valence-electron chi connectivity index (χ4n) is 2.91. The Morgan fingerprint density at radius 3 is 2.80 bits per heavy atom. The molecule has 1 aromatic rings. The molecule has 8 heteroatoms. The molecule has 136 valence electrons. The van der Waals surface area contributed by atoms with Crippen LogP contribution in [0.25, 0.3) is 0 Å². The number of rotatable bonds is 7. The van der Waals surface area contributed by atoms with Gasteiger partial charge in [0.2, 0.25) is 17.7 Å². The van der Waals surface area contributed by atoms with Crippen molar-refractivity contribution < 1.29 is 14.4 Å². The molecule has 2 heterocycles. The second kappa shape index (κ2) is 9.41. The quantitative estimate of drug-likeness (QED) is 0.722. The van der Waals surface area contributed by atoms with Crippen LogP contribution >= 0.6 is 11.8 Å². The zero-order chi connectivity index (χ0) is 18.2. The van der Waals surface area contributed by atoms with Crippen LogP contribution in [0.3, 0.4) is 0 Å². The maximum Gasteiger partial charge on any atom is 0.242 e. The van der Waals surface area contributed by atoms with Gasteiger partial charge in [-0.3, -0.25) is 19.4 Å². The summed E-state index contributed by atoms with van der Waals surface area (Å²) in [5, 5.41) is 5.69. The Morgan fingerprint density at radius 1 is 1.36 bits per heavy atom. The minimum absolute atomic E-state index is 0.0785. The van der Waals surface area contributed by atoms with Crippen molar-refractivity contribution in [3.8, 4) is 0 Å². The number of aromatic nitrogens is 1. The van der Waals surface area contributed by atoms with E-state index < -0.39 is 6.04 Å². The number of thioether (sulfide) groups is 1. The smallest absolute Gasteiger partial charge is 0.242 e. The van der Waals surface area contributed by atoms with Crippen LogP contribution in [-0.2, 0) is 20.8 Å². The van der Waals surface area contributed by atoms with E-state index >= 15 is 0 Å². The summed E-state index contributed by atoms with van der Waals surface area (Å²) >= 11 is 1.42. The molecular weight excluding hydrogens is 340 g/mol. The highest BCUT2D eigenvalue weighted by molar-refractivity contribution is 7.99. The van der Waals surface area contributed by atoms with Crippen LogP contribution in [0, 0.1) is 0 Å². The van der Waals surface area contributed by atoms with E-state index in [1.54, 1.807) is 23.2 Å². The van der Waals surface area contributed by atoms with Gasteiger partial charge in [-0.25, -0.2) is 0 Å². The van der Waals surface area contributed by atoms with Crippen molar-refractivity contribution in [1.29, 1.82) is 0 Å². The fraction of sp³-hybridized carbons (Fsp3) is 0.529. The first-order valence-electron chi connectivity index (χ1n) is 8.30. The average molecular weight is 364 g/mol. The largest absolute Gasteiger partial charge is 0.355 e. The molecule has 2 rings (SSSR count). The lowest BCUT2D eigenvalue weighted by Gasteiger charge is -2.23. The number of pyridine rings is 1. The van der Waals surface area contributed by atoms with E-state index in [4.69, 9.17) is 0 Å². The zero-order valence-corrected chi connectivity index (χ0v) is 15.3. The Hall–Kier alpha value is -2.09. The summed E-state index contributed by atoms with van der Waals surface area (Å²) in [7, 11) is 0. The molecule has 0 unspecified atom stereocenters. The molecule has 1 aliphatic heterocycles. The molecule has 1 aliphatic rings. The van der Waals surface area contributed by atoms with Crippen LogP contribution in [0.1, 0.15) is 19.0 Å². The molecule has 1 aromatic heterocycles. The van der Waals surface area contributed by atoms with Crippen molar-refractivity contribution in [3.05, 3.63) is 30.1 Å². The maximum absolute atomic E-state index is 12.3. The SMILES string of the molecule is CCNC(=O)[C@@H]1C[C@H](NC(=O)Cc2ccccn2)CN1C(=O)CSC. The number of carbonyl (C=O) groups excluding carboxylic acids is 3. The van der Waals surface area contributed by atoms with Crippen molar-refractivity contribution in [3.63, 3.8) is 0 Å². The summed E-state index contributed by atoms with van der Waals surface area (Å²) in [5.74, 6) is -0.0778. The molecule has 25 heavy (non-hydrogen) atoms. The van der Waals surface area contributed by atoms with Crippen LogP contribution in [-0.4, -0.2) is 64.8 Å². The lowest BCUT2D eigenvalue weighted by Crippen LogP contribution is -2.46. The highest BCUT2D eigenvalue weighted by Gasteiger charge is 2.39. The Morgan fingerprint density at radius 2 is 2.16 bits per heavy atom. The Bertz CT molecular complexity index is 585. The summed E-state index contributed by atoms with van der Waals surface area (Å²) < 4.78 is 0. The molecule has 0 bridgehead atoms. The van der Waals surface area contributed by atoms with E-state index in [0.717, 1.165) is 0 Å². The molecule has 0 saturated carbocycles. The number of carbonyl (C=O) groups is 3. The summed E-state index contributed by atoms with van der Waals surface area (Å²) in [6, 6.07) is 4.67. The highest BCUT2D eigenvalue weighted by atomic mass is 32.2. The van der Waals surface area contributed by atoms with Gasteiger partial charge in [0.05, 0.1) is 12.2 Å². The van der Waals surface area contributed by atoms with Gasteiger partial charge < -0.3 is 15.5 Å². The van der Waals surface area contributed by atoms with E-state index in [0.29, 0.717) is 31.0 Å². The van der Waals surface area contributed by atoms with E-state index in [9.17, 15) is 14.4 Å². The topological polar surface area (TPSA) is 91.4 Å². The van der Waals surface area contributed by atoms with Crippen LogP contribution in [0.15, 0.2) is 24.4 Å². The molecule has 0 radical (unpaired) electrons. The maximum atomic E-state index is 12.3. The standard InChI is InChI=1S/C17H24N4O3S/c1-3-18-17(24)14-8-13(10-21(14)16(23)11-25-2)20-15(22)9-12-6-4-5-7-19-12/h4-7,13-14H,3,8-11H2,1-2H3,(H,18,24)(H,20,22)/t13-,14-/m0/s1. The molecule has 2 atom stereocenters. The van der Waals surface area contributed by atoms with Gasteiger partial charge in [0, 0.05) is 31.0 Å². The van der Waals surface area contributed by atoms with Crippen LogP contribution < -0.4 is 10.6 Å². The predicted octanol–water partition coefficient (Wildman–Crippen LogP) is 0.209. The number of hydrogen-bond acceptors (Lipinski definition) is 5. The molecule has 0 aromatic carbocycles. The van der Waals surface area contributed by atoms with Crippen molar-refractivity contribution in [1.82, 2.24) is 20.5 Å². The van der Waals surface area contributed by atoms with E-state index in [-0.39, 0.29) is 30.2 Å². The lowest BCUT2D eigenvalue weighted by molar-refractivity contribution is -0.136. The third-order valence-electron chi connectivity index (χ3n) is 3.98. The van der Waals surface area contributed by atoms with Gasteiger partial charge >= 0.3 is 0 Å². The van der Waals surface area contributed by atoms with Crippen molar-refractivity contribution >= 4 is 29.5 Å². The van der Waals surface area contributed by atoms with Crippen molar-refractivity contribution in [2.24, 2.45) is 0 Å². The summed E-state index contributed by atoms with van der Waals surface area (Å²) in [4.78, 5) is 42.5. The first-order valence-corrected chi connectivity index (χ1v) is 9.70. The minimum atomic E-state index is -0.528.